The molecule has 23 heavy (non-hydrogen) atoms. The SMILES string of the molecule is CN1CC2(CCN(C(=O)C(F)(F)c3cnnn3C)CC2)OC1=O. The monoisotopic (exact) mass is 329 g/mol. The lowest BCUT2D eigenvalue weighted by molar-refractivity contribution is -0.163. The number of carbonyl (C=O) groups excluding carboxylic acids is 2. The summed E-state index contributed by atoms with van der Waals surface area (Å²) < 4.78 is 34.9. The fourth-order valence-electron chi connectivity index (χ4n) is 3.05. The Morgan fingerprint density at radius 3 is 2.48 bits per heavy atom. The minimum absolute atomic E-state index is 0.112. The van der Waals surface area contributed by atoms with E-state index >= 15 is 0 Å². The molecule has 126 valence electrons. The first-order chi connectivity index (χ1) is 10.8. The smallest absolute Gasteiger partial charge is 0.410 e. The third-order valence-corrected chi connectivity index (χ3v) is 4.41. The van der Waals surface area contributed by atoms with Gasteiger partial charge in [-0.15, -0.1) is 5.10 Å². The number of aryl methyl sites for hydroxylation is 1. The number of amides is 2. The predicted molar refractivity (Wildman–Crippen MR) is 72.6 cm³/mol. The summed E-state index contributed by atoms with van der Waals surface area (Å²) in [5, 5.41) is 6.83. The Morgan fingerprint density at radius 1 is 1.35 bits per heavy atom. The Morgan fingerprint density at radius 2 is 2.00 bits per heavy atom. The zero-order valence-corrected chi connectivity index (χ0v) is 12.8. The molecular weight excluding hydrogens is 312 g/mol. The number of nitrogens with zero attached hydrogens (tertiary/aromatic N) is 5. The van der Waals surface area contributed by atoms with Gasteiger partial charge in [-0.1, -0.05) is 5.21 Å². The molecule has 1 aromatic rings. The first-order valence-corrected chi connectivity index (χ1v) is 7.22. The highest BCUT2D eigenvalue weighted by molar-refractivity contribution is 5.84. The molecule has 0 radical (unpaired) electrons. The molecule has 0 atom stereocenters. The highest BCUT2D eigenvalue weighted by Gasteiger charge is 2.51. The van der Waals surface area contributed by atoms with Gasteiger partial charge in [0.05, 0.1) is 12.7 Å². The van der Waals surface area contributed by atoms with E-state index in [1.54, 1.807) is 7.05 Å². The van der Waals surface area contributed by atoms with Gasteiger partial charge in [-0.25, -0.2) is 9.48 Å². The molecule has 1 spiro atoms. The molecule has 0 bridgehead atoms. The molecule has 8 nitrogen and oxygen atoms in total. The van der Waals surface area contributed by atoms with Crippen LogP contribution >= 0.6 is 0 Å². The van der Waals surface area contributed by atoms with Crippen molar-refractivity contribution in [3.63, 3.8) is 0 Å². The normalized spacial score (nSPS) is 21.0. The molecule has 2 aliphatic heterocycles. The van der Waals surface area contributed by atoms with Gasteiger partial charge >= 0.3 is 12.0 Å². The third kappa shape index (κ3) is 2.51. The molecule has 0 aliphatic carbocycles. The maximum absolute atomic E-state index is 14.3. The van der Waals surface area contributed by atoms with Gasteiger partial charge in [0.2, 0.25) is 0 Å². The van der Waals surface area contributed by atoms with E-state index in [2.05, 4.69) is 10.3 Å². The summed E-state index contributed by atoms with van der Waals surface area (Å²) in [6, 6.07) is 0. The fourth-order valence-corrected chi connectivity index (χ4v) is 3.05. The maximum Gasteiger partial charge on any atom is 0.410 e. The van der Waals surface area contributed by atoms with Gasteiger partial charge in [0.15, 0.2) is 0 Å². The number of alkyl halides is 2. The topological polar surface area (TPSA) is 80.6 Å². The molecule has 1 aromatic heterocycles. The van der Waals surface area contributed by atoms with Crippen LogP contribution in [0.3, 0.4) is 0 Å². The summed E-state index contributed by atoms with van der Waals surface area (Å²) in [5.74, 6) is -4.97. The Bertz CT molecular complexity index is 639. The van der Waals surface area contributed by atoms with Gasteiger partial charge in [-0.3, -0.25) is 4.79 Å². The van der Waals surface area contributed by atoms with Crippen molar-refractivity contribution in [2.45, 2.75) is 24.4 Å². The molecule has 0 saturated carbocycles. The van der Waals surface area contributed by atoms with Crippen LogP contribution in [0.15, 0.2) is 6.20 Å². The Labute approximate surface area is 131 Å². The van der Waals surface area contributed by atoms with Crippen molar-refractivity contribution in [3.8, 4) is 0 Å². The minimum Gasteiger partial charge on any atom is -0.441 e. The van der Waals surface area contributed by atoms with Gasteiger partial charge in [-0.05, 0) is 0 Å². The molecular formula is C13H17F2N5O3. The molecule has 10 heteroatoms. The second-order valence-electron chi connectivity index (χ2n) is 6.02. The van der Waals surface area contributed by atoms with Crippen LogP contribution in [0.2, 0.25) is 0 Å². The Hall–Kier alpha value is -2.26. The second kappa shape index (κ2) is 5.14. The van der Waals surface area contributed by atoms with Gasteiger partial charge < -0.3 is 14.5 Å². The summed E-state index contributed by atoms with van der Waals surface area (Å²) in [5.41, 5.74) is -1.22. The van der Waals surface area contributed by atoms with E-state index in [1.807, 2.05) is 0 Å². The number of hydrogen-bond acceptors (Lipinski definition) is 5. The number of piperidine rings is 1. The molecule has 2 fully saturated rings. The van der Waals surface area contributed by atoms with E-state index in [4.69, 9.17) is 4.74 Å². The summed E-state index contributed by atoms with van der Waals surface area (Å²) in [6.45, 7) is 0.636. The zero-order chi connectivity index (χ0) is 16.8. The molecule has 2 saturated heterocycles. The van der Waals surface area contributed by atoms with Crippen LogP contribution in [0.1, 0.15) is 18.5 Å². The van der Waals surface area contributed by atoms with Gasteiger partial charge in [0.25, 0.3) is 5.91 Å². The quantitative estimate of drug-likeness (QED) is 0.782. The first-order valence-electron chi connectivity index (χ1n) is 7.22. The number of likely N-dealkylation sites (tertiary alicyclic amines) is 1. The molecule has 0 aromatic carbocycles. The maximum atomic E-state index is 14.3. The number of halogens is 2. The third-order valence-electron chi connectivity index (χ3n) is 4.41. The van der Waals surface area contributed by atoms with Gasteiger partial charge in [0, 0.05) is 40.0 Å². The second-order valence-corrected chi connectivity index (χ2v) is 6.02. The standard InChI is InChI=1S/C13H17F2N5O3/c1-18-8-12(23-11(18)22)3-5-20(6-4-12)10(21)13(14,15)9-7-16-17-19(9)2/h7H,3-6,8H2,1-2H3. The average Bonchev–Trinajstić information content (AvgIpc) is 3.04. The average molecular weight is 329 g/mol. The number of aromatic nitrogens is 3. The van der Waals surface area contributed by atoms with E-state index in [0.29, 0.717) is 19.4 Å². The largest absolute Gasteiger partial charge is 0.441 e. The predicted octanol–water partition coefficient (Wildman–Crippen LogP) is 0.350. The molecule has 3 heterocycles. The molecule has 2 amide bonds. The Balaban J connectivity index is 1.69. The van der Waals surface area contributed by atoms with Crippen molar-refractivity contribution in [1.29, 1.82) is 0 Å². The first kappa shape index (κ1) is 15.6. The molecule has 2 aliphatic rings. The van der Waals surface area contributed by atoms with Crippen LogP contribution in [0, 0.1) is 0 Å². The van der Waals surface area contributed by atoms with E-state index in [9.17, 15) is 18.4 Å². The number of likely N-dealkylation sites (N-methyl/N-ethyl adjacent to an activating group) is 1. The van der Waals surface area contributed by atoms with E-state index < -0.39 is 29.2 Å². The summed E-state index contributed by atoms with van der Waals surface area (Å²) in [7, 11) is 2.93. The lowest BCUT2D eigenvalue weighted by Gasteiger charge is -2.38. The number of rotatable bonds is 2. The van der Waals surface area contributed by atoms with Crippen LogP contribution in [0.25, 0.3) is 0 Å². The van der Waals surface area contributed by atoms with Crippen LogP contribution in [0.5, 0.6) is 0 Å². The summed E-state index contributed by atoms with van der Waals surface area (Å²) in [4.78, 5) is 26.2. The van der Waals surface area contributed by atoms with Crippen molar-refractivity contribution in [2.75, 3.05) is 26.7 Å². The van der Waals surface area contributed by atoms with Crippen molar-refractivity contribution >= 4 is 12.0 Å². The van der Waals surface area contributed by atoms with Crippen molar-refractivity contribution < 1.29 is 23.1 Å². The van der Waals surface area contributed by atoms with Crippen molar-refractivity contribution in [1.82, 2.24) is 24.8 Å². The lowest BCUT2D eigenvalue weighted by Crippen LogP contribution is -2.52. The minimum atomic E-state index is -3.69. The van der Waals surface area contributed by atoms with Crippen LogP contribution in [-0.4, -0.2) is 69.1 Å². The fraction of sp³-hybridized carbons (Fsp3) is 0.692. The van der Waals surface area contributed by atoms with Crippen molar-refractivity contribution in [2.24, 2.45) is 7.05 Å². The van der Waals surface area contributed by atoms with E-state index in [1.165, 1.54) is 11.9 Å². The zero-order valence-electron chi connectivity index (χ0n) is 12.8. The number of hydrogen-bond donors (Lipinski definition) is 0. The summed E-state index contributed by atoms with van der Waals surface area (Å²) >= 11 is 0. The van der Waals surface area contributed by atoms with E-state index in [-0.39, 0.29) is 13.1 Å². The van der Waals surface area contributed by atoms with Crippen LogP contribution in [0.4, 0.5) is 13.6 Å². The number of ether oxygens (including phenoxy) is 1. The molecule has 3 rings (SSSR count). The van der Waals surface area contributed by atoms with Gasteiger partial charge in [-0.2, -0.15) is 8.78 Å². The van der Waals surface area contributed by atoms with E-state index in [0.717, 1.165) is 15.8 Å². The summed E-state index contributed by atoms with van der Waals surface area (Å²) in [6.07, 6.45) is 1.15. The lowest BCUT2D eigenvalue weighted by atomic mass is 9.91. The highest BCUT2D eigenvalue weighted by atomic mass is 19.3. The Kier molecular flexibility index (Phi) is 3.49. The van der Waals surface area contributed by atoms with Crippen LogP contribution in [-0.2, 0) is 22.5 Å². The number of carbonyl (C=O) groups is 2. The van der Waals surface area contributed by atoms with Gasteiger partial charge in [0.1, 0.15) is 11.3 Å². The molecule has 0 unspecified atom stereocenters. The van der Waals surface area contributed by atoms with Crippen molar-refractivity contribution in [3.05, 3.63) is 11.9 Å². The molecule has 0 N–H and O–H groups in total. The van der Waals surface area contributed by atoms with Crippen LogP contribution < -0.4 is 0 Å². The highest BCUT2D eigenvalue weighted by Crippen LogP contribution is 2.35.